The summed E-state index contributed by atoms with van der Waals surface area (Å²) in [5.74, 6) is -0.225. The van der Waals surface area contributed by atoms with Gasteiger partial charge in [-0.2, -0.15) is 0 Å². The van der Waals surface area contributed by atoms with Crippen LogP contribution in [-0.2, 0) is 21.5 Å². The predicted molar refractivity (Wildman–Crippen MR) is 130 cm³/mol. The third-order valence-corrected chi connectivity index (χ3v) is 7.20. The number of ether oxygens (including phenoxy) is 1. The number of esters is 1. The van der Waals surface area contributed by atoms with E-state index in [1.54, 1.807) is 0 Å². The van der Waals surface area contributed by atoms with Crippen molar-refractivity contribution in [1.29, 1.82) is 0 Å². The number of methoxy groups -OCH3 is 1. The molecule has 1 atom stereocenters. The molecule has 0 aliphatic carbocycles. The van der Waals surface area contributed by atoms with Crippen molar-refractivity contribution in [1.82, 2.24) is 9.80 Å². The Bertz CT molecular complexity index is 882. The van der Waals surface area contributed by atoms with Crippen LogP contribution in [0.5, 0.6) is 0 Å². The van der Waals surface area contributed by atoms with Gasteiger partial charge in [0.25, 0.3) is 0 Å². The highest BCUT2D eigenvalue weighted by Gasteiger charge is 2.44. The molecular weight excluding hydrogens is 471 g/mol. The maximum atomic E-state index is 13.1. The van der Waals surface area contributed by atoms with Gasteiger partial charge in [0.2, 0.25) is 0 Å². The maximum absolute atomic E-state index is 13.1. The fourth-order valence-electron chi connectivity index (χ4n) is 4.77. The minimum absolute atomic E-state index is 0.122. The average Bonchev–Trinajstić information content (AvgIpc) is 2.78. The second-order valence-electron chi connectivity index (χ2n) is 8.98. The number of rotatable bonds is 9. The molecule has 1 unspecified atom stereocenters. The Balaban J connectivity index is 1.57. The van der Waals surface area contributed by atoms with Crippen LogP contribution < -0.4 is 0 Å². The van der Waals surface area contributed by atoms with Crippen molar-refractivity contribution in [3.63, 3.8) is 0 Å². The second-order valence-corrected chi connectivity index (χ2v) is 9.89. The third kappa shape index (κ3) is 5.97. The molecule has 6 heteroatoms. The summed E-state index contributed by atoms with van der Waals surface area (Å²) in [6, 6.07) is 14.8. The number of hydrogen-bond acceptors (Lipinski definition) is 4. The smallest absolute Gasteiger partial charge is 0.316 e. The lowest BCUT2D eigenvalue weighted by molar-refractivity contribution is -0.150. The fraction of sp³-hybridized carbons (Fsp3) is 0.500. The van der Waals surface area contributed by atoms with Crippen LogP contribution in [0, 0.1) is 11.7 Å². The van der Waals surface area contributed by atoms with Crippen LogP contribution in [0.4, 0.5) is 4.39 Å². The maximum Gasteiger partial charge on any atom is 0.316 e. The summed E-state index contributed by atoms with van der Waals surface area (Å²) in [5.41, 5.74) is 1.51. The summed E-state index contributed by atoms with van der Waals surface area (Å²) in [5, 5.41) is 0. The van der Waals surface area contributed by atoms with Gasteiger partial charge >= 0.3 is 5.97 Å². The van der Waals surface area contributed by atoms with Crippen molar-refractivity contribution in [3.05, 3.63) is 69.9 Å². The molecule has 2 aromatic rings. The first kappa shape index (κ1) is 24.9. The number of carbonyl (C=O) groups is 1. The van der Waals surface area contributed by atoms with Crippen LogP contribution in [0.15, 0.2) is 53.0 Å². The van der Waals surface area contributed by atoms with E-state index in [1.165, 1.54) is 19.2 Å². The molecule has 2 aromatic carbocycles. The molecule has 1 heterocycles. The molecule has 0 amide bonds. The van der Waals surface area contributed by atoms with Gasteiger partial charge in [-0.1, -0.05) is 54.0 Å². The molecule has 174 valence electrons. The number of halogens is 2. The summed E-state index contributed by atoms with van der Waals surface area (Å²) >= 11 is 3.55. The van der Waals surface area contributed by atoms with Gasteiger partial charge in [0.05, 0.1) is 12.5 Å². The quantitative estimate of drug-likeness (QED) is 0.436. The lowest BCUT2D eigenvalue weighted by Gasteiger charge is -2.38. The van der Waals surface area contributed by atoms with Gasteiger partial charge in [0, 0.05) is 37.2 Å². The molecular formula is C26H34BrFN2O2. The molecule has 4 nitrogen and oxygen atoms in total. The highest BCUT2D eigenvalue weighted by molar-refractivity contribution is 9.10. The van der Waals surface area contributed by atoms with Crippen LogP contribution in [0.25, 0.3) is 0 Å². The Morgan fingerprint density at radius 2 is 1.75 bits per heavy atom. The van der Waals surface area contributed by atoms with Gasteiger partial charge in [-0.05, 0) is 60.7 Å². The normalized spacial score (nSPS) is 17.3. The van der Waals surface area contributed by atoms with Gasteiger partial charge in [0.15, 0.2) is 0 Å². The second kappa shape index (κ2) is 11.4. The van der Waals surface area contributed by atoms with Crippen molar-refractivity contribution in [2.24, 2.45) is 5.92 Å². The van der Waals surface area contributed by atoms with Gasteiger partial charge in [-0.15, -0.1) is 0 Å². The van der Waals surface area contributed by atoms with Gasteiger partial charge in [-0.25, -0.2) is 4.39 Å². The molecule has 0 aromatic heterocycles. The van der Waals surface area contributed by atoms with E-state index >= 15 is 0 Å². The lowest BCUT2D eigenvalue weighted by Crippen LogP contribution is -2.47. The standard InChI is InChI=1S/C26H34BrFN2O2/c1-20(2)26(25(31)32-3,22-6-4-7-23(27)18-22)12-5-13-29-14-16-30(17-15-29)19-21-8-10-24(28)11-9-21/h4,6-11,18,20H,5,12-17,19H2,1-3H3. The Kier molecular flexibility index (Phi) is 8.86. The first-order chi connectivity index (χ1) is 15.3. The Morgan fingerprint density at radius 1 is 1.09 bits per heavy atom. The Hall–Kier alpha value is -1.76. The molecule has 0 bridgehead atoms. The van der Waals surface area contributed by atoms with E-state index in [4.69, 9.17) is 4.74 Å². The van der Waals surface area contributed by atoms with Gasteiger partial charge in [-0.3, -0.25) is 9.69 Å². The topological polar surface area (TPSA) is 32.8 Å². The van der Waals surface area contributed by atoms with E-state index in [0.29, 0.717) is 0 Å². The molecule has 3 rings (SSSR count). The first-order valence-electron chi connectivity index (χ1n) is 11.4. The fourth-order valence-corrected chi connectivity index (χ4v) is 5.17. The first-order valence-corrected chi connectivity index (χ1v) is 12.2. The molecule has 0 radical (unpaired) electrons. The minimum atomic E-state index is -0.650. The molecule has 0 N–H and O–H groups in total. The Morgan fingerprint density at radius 3 is 2.34 bits per heavy atom. The predicted octanol–water partition coefficient (Wildman–Crippen LogP) is 5.25. The summed E-state index contributed by atoms with van der Waals surface area (Å²) < 4.78 is 19.4. The summed E-state index contributed by atoms with van der Waals surface area (Å²) in [7, 11) is 1.48. The molecule has 0 saturated carbocycles. The van der Waals surface area contributed by atoms with Crippen molar-refractivity contribution in [3.8, 4) is 0 Å². The lowest BCUT2D eigenvalue weighted by atomic mass is 9.68. The summed E-state index contributed by atoms with van der Waals surface area (Å²) in [4.78, 5) is 17.9. The van der Waals surface area contributed by atoms with Crippen LogP contribution in [0.1, 0.15) is 37.8 Å². The molecule has 0 spiro atoms. The van der Waals surface area contributed by atoms with Crippen LogP contribution in [-0.4, -0.2) is 55.6 Å². The van der Waals surface area contributed by atoms with Crippen molar-refractivity contribution >= 4 is 21.9 Å². The van der Waals surface area contributed by atoms with E-state index < -0.39 is 5.41 Å². The summed E-state index contributed by atoms with van der Waals surface area (Å²) in [6.45, 7) is 10.0. The number of carbonyl (C=O) groups excluding carboxylic acids is 1. The Labute approximate surface area is 199 Å². The van der Waals surface area contributed by atoms with Gasteiger partial charge < -0.3 is 9.64 Å². The van der Waals surface area contributed by atoms with Crippen LogP contribution in [0.2, 0.25) is 0 Å². The van der Waals surface area contributed by atoms with E-state index in [0.717, 1.165) is 67.7 Å². The zero-order valence-electron chi connectivity index (χ0n) is 19.3. The molecule has 1 aliphatic rings. The average molecular weight is 505 g/mol. The number of hydrogen-bond donors (Lipinski definition) is 0. The number of benzene rings is 2. The number of nitrogens with zero attached hydrogens (tertiary/aromatic N) is 2. The van der Waals surface area contributed by atoms with Crippen LogP contribution in [0.3, 0.4) is 0 Å². The van der Waals surface area contributed by atoms with Crippen molar-refractivity contribution < 1.29 is 13.9 Å². The highest BCUT2D eigenvalue weighted by atomic mass is 79.9. The van der Waals surface area contributed by atoms with Crippen molar-refractivity contribution in [2.45, 2.75) is 38.6 Å². The molecule has 1 fully saturated rings. The minimum Gasteiger partial charge on any atom is -0.468 e. The number of piperazine rings is 1. The highest BCUT2D eigenvalue weighted by Crippen LogP contribution is 2.39. The molecule has 1 saturated heterocycles. The molecule has 32 heavy (non-hydrogen) atoms. The van der Waals surface area contributed by atoms with Gasteiger partial charge in [0.1, 0.15) is 5.82 Å². The summed E-state index contributed by atoms with van der Waals surface area (Å²) in [6.07, 6.45) is 1.68. The van der Waals surface area contributed by atoms with E-state index in [1.807, 2.05) is 36.4 Å². The van der Waals surface area contributed by atoms with Crippen LogP contribution >= 0.6 is 15.9 Å². The third-order valence-electron chi connectivity index (χ3n) is 6.70. The zero-order chi connectivity index (χ0) is 23.1. The SMILES string of the molecule is COC(=O)C(CCCN1CCN(Cc2ccc(F)cc2)CC1)(c1cccc(Br)c1)C(C)C. The van der Waals surface area contributed by atoms with Crippen molar-refractivity contribution in [2.75, 3.05) is 39.8 Å². The van der Waals surface area contributed by atoms with E-state index in [-0.39, 0.29) is 17.7 Å². The molecule has 1 aliphatic heterocycles. The monoisotopic (exact) mass is 504 g/mol. The van der Waals surface area contributed by atoms with E-state index in [9.17, 15) is 9.18 Å². The largest absolute Gasteiger partial charge is 0.468 e. The zero-order valence-corrected chi connectivity index (χ0v) is 20.9. The van der Waals surface area contributed by atoms with E-state index in [2.05, 4.69) is 39.6 Å².